The SMILES string of the molecule is COC(=O)CCN(C)C(=O)C(OC)c1ccccc1. The van der Waals surface area contributed by atoms with Crippen molar-refractivity contribution in [3.8, 4) is 0 Å². The number of hydrogen-bond donors (Lipinski definition) is 0. The van der Waals surface area contributed by atoms with E-state index in [2.05, 4.69) is 4.74 Å². The van der Waals surface area contributed by atoms with Crippen LogP contribution in [0, 0.1) is 0 Å². The van der Waals surface area contributed by atoms with E-state index in [-0.39, 0.29) is 18.3 Å². The van der Waals surface area contributed by atoms with Crippen LogP contribution in [-0.4, -0.2) is 44.6 Å². The summed E-state index contributed by atoms with van der Waals surface area (Å²) in [6.07, 6.45) is -0.479. The maximum atomic E-state index is 12.2. The molecule has 0 saturated carbocycles. The maximum Gasteiger partial charge on any atom is 0.307 e. The molecule has 0 aromatic heterocycles. The van der Waals surface area contributed by atoms with Crippen molar-refractivity contribution in [2.75, 3.05) is 27.8 Å². The highest BCUT2D eigenvalue weighted by atomic mass is 16.5. The van der Waals surface area contributed by atoms with Crippen LogP contribution in [0.25, 0.3) is 0 Å². The number of benzene rings is 1. The monoisotopic (exact) mass is 265 g/mol. The zero-order valence-corrected chi connectivity index (χ0v) is 11.5. The predicted octanol–water partition coefficient (Wildman–Crippen LogP) is 1.40. The molecule has 0 aliphatic heterocycles. The molecule has 0 bridgehead atoms. The lowest BCUT2D eigenvalue weighted by molar-refractivity contribution is -0.144. The third-order valence-corrected chi connectivity index (χ3v) is 2.82. The van der Waals surface area contributed by atoms with E-state index in [1.54, 1.807) is 7.05 Å². The number of esters is 1. The standard InChI is InChI=1S/C14H19NO4/c1-15(10-9-12(16)18-2)14(17)13(19-3)11-7-5-4-6-8-11/h4-8,13H,9-10H2,1-3H3. The molecule has 19 heavy (non-hydrogen) atoms. The first-order valence-electron chi connectivity index (χ1n) is 5.99. The highest BCUT2D eigenvalue weighted by molar-refractivity contribution is 5.82. The minimum Gasteiger partial charge on any atom is -0.469 e. The summed E-state index contributed by atoms with van der Waals surface area (Å²) in [4.78, 5) is 24.8. The minimum absolute atomic E-state index is 0.171. The van der Waals surface area contributed by atoms with Crippen LogP contribution in [0.2, 0.25) is 0 Å². The molecule has 0 N–H and O–H groups in total. The Morgan fingerprint density at radius 3 is 2.37 bits per heavy atom. The van der Waals surface area contributed by atoms with Gasteiger partial charge in [-0.1, -0.05) is 30.3 Å². The average molecular weight is 265 g/mol. The fourth-order valence-corrected chi connectivity index (χ4v) is 1.68. The summed E-state index contributed by atoms with van der Waals surface area (Å²) < 4.78 is 9.79. The number of hydrogen-bond acceptors (Lipinski definition) is 4. The Morgan fingerprint density at radius 1 is 1.21 bits per heavy atom. The van der Waals surface area contributed by atoms with Crippen molar-refractivity contribution in [1.29, 1.82) is 0 Å². The second-order valence-electron chi connectivity index (χ2n) is 4.11. The highest BCUT2D eigenvalue weighted by Gasteiger charge is 2.23. The minimum atomic E-state index is -0.649. The van der Waals surface area contributed by atoms with E-state index in [1.165, 1.54) is 19.1 Å². The zero-order valence-electron chi connectivity index (χ0n) is 11.5. The van der Waals surface area contributed by atoms with Gasteiger partial charge < -0.3 is 14.4 Å². The van der Waals surface area contributed by atoms with Gasteiger partial charge in [-0.05, 0) is 5.56 Å². The first-order valence-corrected chi connectivity index (χ1v) is 5.99. The molecule has 1 aromatic carbocycles. The smallest absolute Gasteiger partial charge is 0.307 e. The number of ether oxygens (including phenoxy) is 2. The molecule has 0 aliphatic carbocycles. The van der Waals surface area contributed by atoms with Gasteiger partial charge in [-0.2, -0.15) is 0 Å². The van der Waals surface area contributed by atoms with Crippen molar-refractivity contribution in [3.63, 3.8) is 0 Å². The Kier molecular flexibility index (Phi) is 6.02. The van der Waals surface area contributed by atoms with Gasteiger partial charge in [-0.15, -0.1) is 0 Å². The first kappa shape index (κ1) is 15.2. The topological polar surface area (TPSA) is 55.8 Å². The third kappa shape index (κ3) is 4.37. The van der Waals surface area contributed by atoms with Crippen LogP contribution < -0.4 is 0 Å². The number of carbonyl (C=O) groups is 2. The van der Waals surface area contributed by atoms with Crippen LogP contribution in [0.4, 0.5) is 0 Å². The molecule has 0 radical (unpaired) electrons. The Labute approximate surface area is 113 Å². The Morgan fingerprint density at radius 2 is 1.84 bits per heavy atom. The lowest BCUT2D eigenvalue weighted by atomic mass is 10.1. The number of methoxy groups -OCH3 is 2. The first-order chi connectivity index (χ1) is 9.10. The van der Waals surface area contributed by atoms with Crippen molar-refractivity contribution in [2.24, 2.45) is 0 Å². The summed E-state index contributed by atoms with van der Waals surface area (Å²) in [5, 5.41) is 0. The van der Waals surface area contributed by atoms with Gasteiger partial charge in [0.2, 0.25) is 0 Å². The summed E-state index contributed by atoms with van der Waals surface area (Å²) in [7, 11) is 4.45. The molecule has 0 spiro atoms. The second kappa shape index (κ2) is 7.53. The van der Waals surface area contributed by atoms with E-state index < -0.39 is 6.10 Å². The molecule has 5 nitrogen and oxygen atoms in total. The van der Waals surface area contributed by atoms with Crippen molar-refractivity contribution in [3.05, 3.63) is 35.9 Å². The normalized spacial score (nSPS) is 11.7. The Balaban J connectivity index is 2.66. The van der Waals surface area contributed by atoms with E-state index >= 15 is 0 Å². The molecule has 0 aliphatic rings. The number of rotatable bonds is 6. The molecule has 0 fully saturated rings. The van der Waals surface area contributed by atoms with Gasteiger partial charge in [0.05, 0.1) is 13.5 Å². The molecule has 5 heteroatoms. The van der Waals surface area contributed by atoms with E-state index in [4.69, 9.17) is 4.74 Å². The number of amides is 1. The number of nitrogens with zero attached hydrogens (tertiary/aromatic N) is 1. The van der Waals surface area contributed by atoms with Crippen molar-refractivity contribution < 1.29 is 19.1 Å². The molecule has 0 saturated heterocycles. The van der Waals surface area contributed by atoms with Gasteiger partial charge in [-0.25, -0.2) is 0 Å². The summed E-state index contributed by atoms with van der Waals surface area (Å²) in [5.74, 6) is -0.522. The van der Waals surface area contributed by atoms with E-state index in [0.717, 1.165) is 5.56 Å². The van der Waals surface area contributed by atoms with Gasteiger partial charge in [0.1, 0.15) is 0 Å². The molecule has 1 unspecified atom stereocenters. The molecular weight excluding hydrogens is 246 g/mol. The van der Waals surface area contributed by atoms with Crippen LogP contribution in [0.3, 0.4) is 0 Å². The second-order valence-corrected chi connectivity index (χ2v) is 4.11. The van der Waals surface area contributed by atoms with Crippen LogP contribution in [-0.2, 0) is 19.1 Å². The molecule has 0 heterocycles. The molecular formula is C14H19NO4. The van der Waals surface area contributed by atoms with Crippen molar-refractivity contribution >= 4 is 11.9 Å². The van der Waals surface area contributed by atoms with Crippen LogP contribution in [0.1, 0.15) is 18.1 Å². The fourth-order valence-electron chi connectivity index (χ4n) is 1.68. The van der Waals surface area contributed by atoms with Gasteiger partial charge in [-0.3, -0.25) is 9.59 Å². The van der Waals surface area contributed by atoms with E-state index in [9.17, 15) is 9.59 Å². The summed E-state index contributed by atoms with van der Waals surface area (Å²) in [6.45, 7) is 0.304. The summed E-state index contributed by atoms with van der Waals surface area (Å²) >= 11 is 0. The Bertz CT molecular complexity index is 419. The highest BCUT2D eigenvalue weighted by Crippen LogP contribution is 2.18. The third-order valence-electron chi connectivity index (χ3n) is 2.82. The maximum absolute atomic E-state index is 12.2. The zero-order chi connectivity index (χ0) is 14.3. The van der Waals surface area contributed by atoms with Gasteiger partial charge in [0.25, 0.3) is 5.91 Å². The number of likely N-dealkylation sites (N-methyl/N-ethyl adjacent to an activating group) is 1. The lowest BCUT2D eigenvalue weighted by Gasteiger charge is -2.22. The van der Waals surface area contributed by atoms with Crippen LogP contribution >= 0.6 is 0 Å². The quantitative estimate of drug-likeness (QED) is 0.729. The molecule has 1 rings (SSSR count). The van der Waals surface area contributed by atoms with Gasteiger partial charge >= 0.3 is 5.97 Å². The van der Waals surface area contributed by atoms with Crippen molar-refractivity contribution in [1.82, 2.24) is 4.90 Å². The average Bonchev–Trinajstić information content (AvgIpc) is 2.46. The lowest BCUT2D eigenvalue weighted by Crippen LogP contribution is -2.34. The largest absolute Gasteiger partial charge is 0.469 e. The summed E-state index contributed by atoms with van der Waals surface area (Å²) in [5.41, 5.74) is 0.792. The molecule has 104 valence electrons. The summed E-state index contributed by atoms with van der Waals surface area (Å²) in [6, 6.07) is 9.24. The fraction of sp³-hybridized carbons (Fsp3) is 0.429. The van der Waals surface area contributed by atoms with Gasteiger partial charge in [0, 0.05) is 20.7 Å². The predicted molar refractivity (Wildman–Crippen MR) is 70.5 cm³/mol. The number of carbonyl (C=O) groups excluding carboxylic acids is 2. The van der Waals surface area contributed by atoms with E-state index in [1.807, 2.05) is 30.3 Å². The van der Waals surface area contributed by atoms with Crippen LogP contribution in [0.5, 0.6) is 0 Å². The van der Waals surface area contributed by atoms with Crippen LogP contribution in [0.15, 0.2) is 30.3 Å². The Hall–Kier alpha value is -1.88. The molecule has 1 atom stereocenters. The molecule has 1 amide bonds. The van der Waals surface area contributed by atoms with E-state index in [0.29, 0.717) is 6.54 Å². The molecule has 1 aromatic rings. The van der Waals surface area contributed by atoms with Crippen molar-refractivity contribution in [2.45, 2.75) is 12.5 Å². The van der Waals surface area contributed by atoms with Gasteiger partial charge in [0.15, 0.2) is 6.10 Å².